The first-order chi connectivity index (χ1) is 16.7. The first kappa shape index (κ1) is 23.4. The lowest BCUT2D eigenvalue weighted by molar-refractivity contribution is -0.670. The summed E-state index contributed by atoms with van der Waals surface area (Å²) < 4.78 is 3.41. The van der Waals surface area contributed by atoms with Crippen LogP contribution in [0.2, 0.25) is 0 Å². The molecule has 1 aliphatic carbocycles. The average molecular weight is 508 g/mol. The normalized spacial score (nSPS) is 18.7. The number of aliphatic hydroxyl groups is 1. The van der Waals surface area contributed by atoms with Crippen LogP contribution in [-0.2, 0) is 6.54 Å². The third kappa shape index (κ3) is 4.63. The quantitative estimate of drug-likeness (QED) is 0.355. The molecule has 6 heteroatoms. The fourth-order valence-corrected chi connectivity index (χ4v) is 7.10. The van der Waals surface area contributed by atoms with E-state index in [0.717, 1.165) is 41.4 Å². The molecule has 0 bridgehead atoms. The number of para-hydroxylation sites is 2. The van der Waals surface area contributed by atoms with Gasteiger partial charge in [-0.25, -0.2) is 0 Å². The molecule has 1 N–H and O–H groups in total. The number of halogens is 1. The lowest BCUT2D eigenvalue weighted by atomic mass is 9.94. The standard InChI is InChI=1S/C28H28ClN2OS2/c1-2-30-22-10-3-5-12-24(22)33-26(30)16-14-20-8-7-9-21(28(20)29)15-17-27-31(18-19-32)23-11-4-6-13-25(23)34-27/h3-6,10-17,32H,2,7-9,18-19H2,1H3/q+1. The Bertz CT molecular complexity index is 1340. The van der Waals surface area contributed by atoms with Gasteiger partial charge in [-0.15, -0.1) is 0 Å². The molecule has 34 heavy (non-hydrogen) atoms. The number of benzene rings is 2. The van der Waals surface area contributed by atoms with Crippen molar-refractivity contribution in [2.45, 2.75) is 37.6 Å². The fraction of sp³-hybridized carbons (Fsp3) is 0.250. The Hall–Kier alpha value is -2.31. The van der Waals surface area contributed by atoms with E-state index in [-0.39, 0.29) is 6.61 Å². The maximum Gasteiger partial charge on any atom is 0.262 e. The SMILES string of the molecule is CCN1C(=CC=C2CCCC(C=Cc3sc4ccccc4[n+]3CCO)=C2Cl)Sc2ccccc21. The number of thioether (sulfide) groups is 1. The van der Waals surface area contributed by atoms with Crippen LogP contribution in [0.1, 0.15) is 31.2 Å². The van der Waals surface area contributed by atoms with Crippen molar-refractivity contribution in [3.05, 3.63) is 93.0 Å². The van der Waals surface area contributed by atoms with Gasteiger partial charge in [0.25, 0.3) is 5.01 Å². The summed E-state index contributed by atoms with van der Waals surface area (Å²) in [4.78, 5) is 3.67. The number of aliphatic hydroxyl groups excluding tert-OH is 1. The monoisotopic (exact) mass is 507 g/mol. The molecule has 3 nitrogen and oxygen atoms in total. The molecule has 1 aliphatic heterocycles. The number of anilines is 1. The van der Waals surface area contributed by atoms with Gasteiger partial charge < -0.3 is 10.0 Å². The summed E-state index contributed by atoms with van der Waals surface area (Å²) in [6.07, 6.45) is 11.8. The molecule has 0 unspecified atom stereocenters. The number of hydrogen-bond acceptors (Lipinski definition) is 4. The van der Waals surface area contributed by atoms with Gasteiger partial charge in [0, 0.05) is 28.6 Å². The van der Waals surface area contributed by atoms with Gasteiger partial charge in [-0.05, 0) is 61.6 Å². The van der Waals surface area contributed by atoms with Gasteiger partial charge in [-0.3, -0.25) is 0 Å². The van der Waals surface area contributed by atoms with Crippen molar-refractivity contribution >= 4 is 56.7 Å². The third-order valence-electron chi connectivity index (χ3n) is 6.22. The van der Waals surface area contributed by atoms with Crippen LogP contribution in [0.4, 0.5) is 5.69 Å². The van der Waals surface area contributed by atoms with Crippen LogP contribution in [0.15, 0.2) is 92.9 Å². The summed E-state index contributed by atoms with van der Waals surface area (Å²) in [6, 6.07) is 16.9. The third-order valence-corrected chi connectivity index (χ3v) is 8.97. The zero-order valence-corrected chi connectivity index (χ0v) is 21.6. The molecular weight excluding hydrogens is 480 g/mol. The molecule has 0 amide bonds. The predicted molar refractivity (Wildman–Crippen MR) is 146 cm³/mol. The predicted octanol–water partition coefficient (Wildman–Crippen LogP) is 7.27. The lowest BCUT2D eigenvalue weighted by Crippen LogP contribution is -2.36. The van der Waals surface area contributed by atoms with Crippen LogP contribution in [0.5, 0.6) is 0 Å². The summed E-state index contributed by atoms with van der Waals surface area (Å²) in [7, 11) is 0. The second-order valence-corrected chi connectivity index (χ2v) is 10.8. The first-order valence-corrected chi connectivity index (χ1v) is 13.7. The summed E-state index contributed by atoms with van der Waals surface area (Å²) in [5.74, 6) is 0. The second kappa shape index (κ2) is 10.5. The summed E-state index contributed by atoms with van der Waals surface area (Å²) >= 11 is 10.5. The Balaban J connectivity index is 1.42. The molecule has 0 saturated heterocycles. The van der Waals surface area contributed by atoms with Crippen LogP contribution < -0.4 is 9.47 Å². The fourth-order valence-electron chi connectivity index (χ4n) is 4.56. The summed E-state index contributed by atoms with van der Waals surface area (Å²) in [5, 5.41) is 12.8. The molecule has 0 radical (unpaired) electrons. The second-order valence-electron chi connectivity index (χ2n) is 8.32. The summed E-state index contributed by atoms with van der Waals surface area (Å²) in [6.45, 7) is 3.84. The minimum absolute atomic E-state index is 0.119. The summed E-state index contributed by atoms with van der Waals surface area (Å²) in [5.41, 5.74) is 4.83. The van der Waals surface area contributed by atoms with Crippen LogP contribution in [0.25, 0.3) is 16.3 Å². The van der Waals surface area contributed by atoms with Gasteiger partial charge in [0.05, 0.1) is 10.7 Å². The molecule has 3 aromatic rings. The smallest absolute Gasteiger partial charge is 0.262 e. The number of hydrogen-bond donors (Lipinski definition) is 1. The lowest BCUT2D eigenvalue weighted by Gasteiger charge is -2.19. The van der Waals surface area contributed by atoms with E-state index in [2.05, 4.69) is 83.2 Å². The van der Waals surface area contributed by atoms with Crippen molar-refractivity contribution < 1.29 is 9.67 Å². The van der Waals surface area contributed by atoms with E-state index in [1.807, 2.05) is 17.8 Å². The van der Waals surface area contributed by atoms with Crippen LogP contribution >= 0.6 is 34.7 Å². The van der Waals surface area contributed by atoms with E-state index in [9.17, 15) is 5.11 Å². The molecular formula is C28H28ClN2OS2+. The minimum atomic E-state index is 0.119. The molecule has 0 atom stereocenters. The largest absolute Gasteiger partial charge is 0.390 e. The molecule has 174 valence electrons. The zero-order chi connectivity index (χ0) is 23.5. The van der Waals surface area contributed by atoms with Crippen molar-refractivity contribution in [1.82, 2.24) is 0 Å². The first-order valence-electron chi connectivity index (χ1n) is 11.7. The van der Waals surface area contributed by atoms with E-state index < -0.39 is 0 Å². The van der Waals surface area contributed by atoms with E-state index in [4.69, 9.17) is 11.6 Å². The molecule has 1 aromatic heterocycles. The van der Waals surface area contributed by atoms with E-state index in [0.29, 0.717) is 6.54 Å². The minimum Gasteiger partial charge on any atom is -0.390 e. The van der Waals surface area contributed by atoms with Gasteiger partial charge in [-0.1, -0.05) is 71.1 Å². The molecule has 0 spiro atoms. The van der Waals surface area contributed by atoms with Crippen molar-refractivity contribution in [1.29, 1.82) is 0 Å². The molecule has 0 fully saturated rings. The number of nitrogens with zero attached hydrogens (tertiary/aromatic N) is 2. The van der Waals surface area contributed by atoms with Gasteiger partial charge >= 0.3 is 0 Å². The maximum absolute atomic E-state index is 9.57. The van der Waals surface area contributed by atoms with Crippen LogP contribution in [0, 0.1) is 0 Å². The van der Waals surface area contributed by atoms with Gasteiger partial charge in [0.1, 0.15) is 11.3 Å². The average Bonchev–Trinajstić information content (AvgIpc) is 3.40. The number of fused-ring (bicyclic) bond motifs is 2. The van der Waals surface area contributed by atoms with Gasteiger partial charge in [-0.2, -0.15) is 4.57 Å². The number of aromatic nitrogens is 1. The van der Waals surface area contributed by atoms with E-state index in [1.165, 1.54) is 31.5 Å². The van der Waals surface area contributed by atoms with Crippen molar-refractivity contribution in [3.8, 4) is 0 Å². The highest BCUT2D eigenvalue weighted by atomic mass is 35.5. The Morgan fingerprint density at radius 1 is 1.06 bits per heavy atom. The molecule has 0 saturated carbocycles. The van der Waals surface area contributed by atoms with E-state index >= 15 is 0 Å². The highest BCUT2D eigenvalue weighted by Crippen LogP contribution is 2.45. The highest BCUT2D eigenvalue weighted by Gasteiger charge is 2.23. The Labute approximate surface area is 214 Å². The van der Waals surface area contributed by atoms with Crippen molar-refractivity contribution in [2.24, 2.45) is 0 Å². The van der Waals surface area contributed by atoms with E-state index in [1.54, 1.807) is 11.3 Å². The molecule has 2 aromatic carbocycles. The molecule has 2 aliphatic rings. The molecule has 5 rings (SSSR count). The maximum atomic E-state index is 9.57. The van der Waals surface area contributed by atoms with Crippen LogP contribution in [-0.4, -0.2) is 18.3 Å². The number of thiazole rings is 1. The topological polar surface area (TPSA) is 27.4 Å². The highest BCUT2D eigenvalue weighted by molar-refractivity contribution is 8.03. The Kier molecular flexibility index (Phi) is 7.26. The van der Waals surface area contributed by atoms with Gasteiger partial charge in [0.2, 0.25) is 5.52 Å². The Morgan fingerprint density at radius 3 is 2.74 bits per heavy atom. The number of rotatable bonds is 6. The Morgan fingerprint density at radius 2 is 1.88 bits per heavy atom. The van der Waals surface area contributed by atoms with Crippen molar-refractivity contribution in [2.75, 3.05) is 18.1 Å². The van der Waals surface area contributed by atoms with Crippen molar-refractivity contribution in [3.63, 3.8) is 0 Å². The van der Waals surface area contributed by atoms with Gasteiger partial charge in [0.15, 0.2) is 6.54 Å². The molecule has 2 heterocycles. The number of allylic oxidation sites excluding steroid dienone is 6. The zero-order valence-electron chi connectivity index (χ0n) is 19.2. The van der Waals surface area contributed by atoms with Crippen LogP contribution in [0.3, 0.4) is 0 Å².